The molecule has 0 N–H and O–H groups in total. The number of thioether (sulfide) groups is 1. The number of ether oxygens (including phenoxy) is 2. The van der Waals surface area contributed by atoms with Gasteiger partial charge in [0.25, 0.3) is 0 Å². The predicted octanol–water partition coefficient (Wildman–Crippen LogP) is 5.69. The van der Waals surface area contributed by atoms with Crippen LogP contribution in [-0.2, 0) is 12.4 Å². The molecule has 0 fully saturated rings. The maximum absolute atomic E-state index is 5.96. The van der Waals surface area contributed by atoms with E-state index in [4.69, 9.17) is 9.47 Å². The van der Waals surface area contributed by atoms with Gasteiger partial charge in [0.05, 0.1) is 12.3 Å². The zero-order chi connectivity index (χ0) is 21.5. The number of hydrogen-bond donors (Lipinski definition) is 0. The fraction of sp³-hybridized carbons (Fsp3) is 0.174. The largest absolute Gasteiger partial charge is 0.494 e. The average Bonchev–Trinajstić information content (AvgIpc) is 3.21. The molecule has 0 unspecified atom stereocenters. The number of halogens is 1. The molecule has 0 radical (unpaired) electrons. The monoisotopic (exact) mass is 496 g/mol. The van der Waals surface area contributed by atoms with E-state index in [9.17, 15) is 0 Å². The number of rotatable bonds is 9. The molecule has 0 aliphatic rings. The summed E-state index contributed by atoms with van der Waals surface area (Å²) in [6, 6.07) is 21.5. The van der Waals surface area contributed by atoms with Crippen LogP contribution in [0.25, 0.3) is 5.69 Å². The van der Waals surface area contributed by atoms with Gasteiger partial charge in [-0.1, -0.05) is 33.8 Å². The first kappa shape index (κ1) is 21.4. The first-order valence-electron chi connectivity index (χ1n) is 9.81. The SMILES string of the molecule is CCOc1ccc(-n2c(COc3ccc(Br)cc3)nnc2SCc2ccccn2)cc1. The van der Waals surface area contributed by atoms with E-state index in [2.05, 4.69) is 31.1 Å². The summed E-state index contributed by atoms with van der Waals surface area (Å²) >= 11 is 5.03. The van der Waals surface area contributed by atoms with E-state index >= 15 is 0 Å². The van der Waals surface area contributed by atoms with Crippen LogP contribution in [0, 0.1) is 0 Å². The lowest BCUT2D eigenvalue weighted by Gasteiger charge is -2.12. The molecule has 4 aromatic rings. The van der Waals surface area contributed by atoms with Crippen LogP contribution in [0.15, 0.2) is 82.6 Å². The summed E-state index contributed by atoms with van der Waals surface area (Å²) in [5.74, 6) is 3.02. The summed E-state index contributed by atoms with van der Waals surface area (Å²) < 4.78 is 14.6. The number of pyridine rings is 1. The molecule has 0 aliphatic carbocycles. The van der Waals surface area contributed by atoms with Crippen LogP contribution in [0.1, 0.15) is 18.4 Å². The van der Waals surface area contributed by atoms with Gasteiger partial charge in [-0.25, -0.2) is 0 Å². The topological polar surface area (TPSA) is 62.1 Å². The third-order valence-corrected chi connectivity index (χ3v) is 5.85. The van der Waals surface area contributed by atoms with Crippen molar-refractivity contribution in [2.24, 2.45) is 0 Å². The van der Waals surface area contributed by atoms with Crippen LogP contribution in [0.4, 0.5) is 0 Å². The zero-order valence-electron chi connectivity index (χ0n) is 16.9. The number of hydrogen-bond acceptors (Lipinski definition) is 6. The van der Waals surface area contributed by atoms with Gasteiger partial charge in [0.1, 0.15) is 18.1 Å². The molecule has 0 saturated carbocycles. The summed E-state index contributed by atoms with van der Waals surface area (Å²) in [4.78, 5) is 4.39. The van der Waals surface area contributed by atoms with E-state index in [1.807, 2.05) is 78.2 Å². The fourth-order valence-electron chi connectivity index (χ4n) is 2.91. The lowest BCUT2D eigenvalue weighted by Crippen LogP contribution is -2.07. The Kier molecular flexibility index (Phi) is 7.22. The highest BCUT2D eigenvalue weighted by molar-refractivity contribution is 9.10. The molecule has 0 bridgehead atoms. The van der Waals surface area contributed by atoms with E-state index in [-0.39, 0.29) is 0 Å². The normalized spacial score (nSPS) is 10.8. The summed E-state index contributed by atoms with van der Waals surface area (Å²) in [7, 11) is 0. The standard InChI is InChI=1S/C23H21BrN4O2S/c1-2-29-20-12-8-19(9-13-20)28-22(15-30-21-10-6-17(24)7-11-21)26-27-23(28)31-16-18-5-3-4-14-25-18/h3-14H,2,15-16H2,1H3. The van der Waals surface area contributed by atoms with Crippen molar-refractivity contribution in [3.8, 4) is 17.2 Å². The molecule has 8 heteroatoms. The molecule has 0 saturated heterocycles. The maximum Gasteiger partial charge on any atom is 0.196 e. The molecule has 6 nitrogen and oxygen atoms in total. The number of benzene rings is 2. The van der Waals surface area contributed by atoms with Gasteiger partial charge in [-0.05, 0) is 67.6 Å². The molecule has 0 atom stereocenters. The molecular weight excluding hydrogens is 476 g/mol. The zero-order valence-corrected chi connectivity index (χ0v) is 19.3. The van der Waals surface area contributed by atoms with Crippen molar-refractivity contribution in [2.75, 3.05) is 6.61 Å². The lowest BCUT2D eigenvalue weighted by molar-refractivity contribution is 0.292. The molecule has 2 heterocycles. The Bertz CT molecular complexity index is 1100. The molecule has 2 aromatic heterocycles. The highest BCUT2D eigenvalue weighted by Crippen LogP contribution is 2.27. The first-order valence-corrected chi connectivity index (χ1v) is 11.6. The number of aromatic nitrogens is 4. The number of nitrogens with zero attached hydrogens (tertiary/aromatic N) is 4. The van der Waals surface area contributed by atoms with Crippen LogP contribution < -0.4 is 9.47 Å². The van der Waals surface area contributed by atoms with E-state index in [0.717, 1.165) is 38.3 Å². The van der Waals surface area contributed by atoms with Crippen molar-refractivity contribution >= 4 is 27.7 Å². The highest BCUT2D eigenvalue weighted by Gasteiger charge is 2.16. The van der Waals surface area contributed by atoms with Crippen LogP contribution in [0.3, 0.4) is 0 Å². The second kappa shape index (κ2) is 10.5. The quantitative estimate of drug-likeness (QED) is 0.277. The Morgan fingerprint density at radius 2 is 1.65 bits per heavy atom. The summed E-state index contributed by atoms with van der Waals surface area (Å²) in [6.07, 6.45) is 1.80. The Morgan fingerprint density at radius 1 is 0.903 bits per heavy atom. The Morgan fingerprint density at radius 3 is 2.35 bits per heavy atom. The van der Waals surface area contributed by atoms with Crippen molar-refractivity contribution < 1.29 is 9.47 Å². The van der Waals surface area contributed by atoms with E-state index in [1.165, 1.54) is 0 Å². The summed E-state index contributed by atoms with van der Waals surface area (Å²) in [5.41, 5.74) is 1.94. The van der Waals surface area contributed by atoms with Gasteiger partial charge < -0.3 is 9.47 Å². The van der Waals surface area contributed by atoms with E-state index in [0.29, 0.717) is 19.0 Å². The Labute approximate surface area is 193 Å². The van der Waals surface area contributed by atoms with Gasteiger partial charge in [-0.2, -0.15) is 0 Å². The third kappa shape index (κ3) is 5.65. The predicted molar refractivity (Wildman–Crippen MR) is 125 cm³/mol. The lowest BCUT2D eigenvalue weighted by atomic mass is 10.3. The molecule has 0 spiro atoms. The Hall–Kier alpha value is -2.84. The van der Waals surface area contributed by atoms with Gasteiger partial charge in [0.2, 0.25) is 0 Å². The Balaban J connectivity index is 1.58. The molecular formula is C23H21BrN4O2S. The van der Waals surface area contributed by atoms with Crippen molar-refractivity contribution in [3.63, 3.8) is 0 Å². The molecule has 158 valence electrons. The minimum Gasteiger partial charge on any atom is -0.494 e. The minimum atomic E-state index is 0.298. The first-order chi connectivity index (χ1) is 15.2. The van der Waals surface area contributed by atoms with Crippen molar-refractivity contribution in [1.82, 2.24) is 19.7 Å². The molecule has 0 aliphatic heterocycles. The molecule has 0 amide bonds. The second-order valence-electron chi connectivity index (χ2n) is 6.51. The average molecular weight is 497 g/mol. The van der Waals surface area contributed by atoms with E-state index in [1.54, 1.807) is 18.0 Å². The van der Waals surface area contributed by atoms with Crippen LogP contribution >= 0.6 is 27.7 Å². The fourth-order valence-corrected chi connectivity index (χ4v) is 4.06. The van der Waals surface area contributed by atoms with Crippen molar-refractivity contribution in [1.29, 1.82) is 0 Å². The third-order valence-electron chi connectivity index (χ3n) is 4.36. The van der Waals surface area contributed by atoms with Gasteiger partial charge in [0, 0.05) is 22.1 Å². The second-order valence-corrected chi connectivity index (χ2v) is 8.37. The smallest absolute Gasteiger partial charge is 0.196 e. The molecule has 4 rings (SSSR count). The van der Waals surface area contributed by atoms with Crippen molar-refractivity contribution in [2.45, 2.75) is 24.4 Å². The highest BCUT2D eigenvalue weighted by atomic mass is 79.9. The minimum absolute atomic E-state index is 0.298. The van der Waals surface area contributed by atoms with Crippen LogP contribution in [0.2, 0.25) is 0 Å². The van der Waals surface area contributed by atoms with Crippen molar-refractivity contribution in [3.05, 3.63) is 88.9 Å². The molecule has 2 aromatic carbocycles. The summed E-state index contributed by atoms with van der Waals surface area (Å²) in [5, 5.41) is 9.61. The maximum atomic E-state index is 5.96. The van der Waals surface area contributed by atoms with Gasteiger partial charge in [-0.15, -0.1) is 10.2 Å². The van der Waals surface area contributed by atoms with Crippen LogP contribution in [0.5, 0.6) is 11.5 Å². The summed E-state index contributed by atoms with van der Waals surface area (Å²) in [6.45, 7) is 2.90. The van der Waals surface area contributed by atoms with E-state index < -0.39 is 0 Å². The van der Waals surface area contributed by atoms with Gasteiger partial charge in [-0.3, -0.25) is 9.55 Å². The van der Waals surface area contributed by atoms with Crippen LogP contribution in [-0.4, -0.2) is 26.4 Å². The molecule has 31 heavy (non-hydrogen) atoms. The van der Waals surface area contributed by atoms with Gasteiger partial charge in [0.15, 0.2) is 11.0 Å². The van der Waals surface area contributed by atoms with Gasteiger partial charge >= 0.3 is 0 Å².